The Hall–Kier alpha value is -4.01. The molecule has 0 radical (unpaired) electrons. The fraction of sp³-hybridized carbons (Fsp3) is 0.414. The third-order valence-corrected chi connectivity index (χ3v) is 7.63. The van der Waals surface area contributed by atoms with Crippen LogP contribution in [0.25, 0.3) is 27.8 Å². The highest BCUT2D eigenvalue weighted by Crippen LogP contribution is 2.37. The van der Waals surface area contributed by atoms with E-state index in [0.717, 1.165) is 71.5 Å². The molecule has 0 unspecified atom stereocenters. The minimum absolute atomic E-state index is 0.154. The van der Waals surface area contributed by atoms with E-state index in [1.807, 2.05) is 62.6 Å². The molecule has 1 N–H and O–H groups in total. The smallest absolute Gasteiger partial charge is 0.226 e. The van der Waals surface area contributed by atoms with Crippen LogP contribution in [0.5, 0.6) is 0 Å². The van der Waals surface area contributed by atoms with Crippen LogP contribution >= 0.6 is 0 Å². The van der Waals surface area contributed by atoms with Crippen molar-refractivity contribution in [2.24, 2.45) is 17.5 Å². The molecule has 0 saturated carbocycles. The van der Waals surface area contributed by atoms with Gasteiger partial charge in [-0.15, -0.1) is 0 Å². The lowest BCUT2D eigenvalue weighted by atomic mass is 9.75. The second-order valence-corrected chi connectivity index (χ2v) is 10.5. The summed E-state index contributed by atoms with van der Waals surface area (Å²) in [5.74, 6) is 1.12. The van der Waals surface area contributed by atoms with Gasteiger partial charge in [0.1, 0.15) is 5.82 Å². The topological polar surface area (TPSA) is 92.7 Å². The summed E-state index contributed by atoms with van der Waals surface area (Å²) in [6.45, 7) is 7.78. The van der Waals surface area contributed by atoms with E-state index < -0.39 is 0 Å². The van der Waals surface area contributed by atoms with Gasteiger partial charge in [-0.2, -0.15) is 10.2 Å². The summed E-state index contributed by atoms with van der Waals surface area (Å²) in [5.41, 5.74) is 5.74. The van der Waals surface area contributed by atoms with Gasteiger partial charge in [0.25, 0.3) is 0 Å². The largest absolute Gasteiger partial charge is 0.357 e. The maximum Gasteiger partial charge on any atom is 0.226 e. The van der Waals surface area contributed by atoms with Crippen molar-refractivity contribution in [3.8, 4) is 22.3 Å². The first-order valence-electron chi connectivity index (χ1n) is 13.3. The second-order valence-electron chi connectivity index (χ2n) is 10.5. The maximum absolute atomic E-state index is 12.9. The number of fused-ring (bicyclic) bond motifs is 1. The van der Waals surface area contributed by atoms with E-state index in [1.165, 1.54) is 0 Å². The Morgan fingerprint density at radius 1 is 1.11 bits per heavy atom. The van der Waals surface area contributed by atoms with Gasteiger partial charge in [0.15, 0.2) is 0 Å². The molecule has 9 nitrogen and oxygen atoms in total. The number of nitrogens with one attached hydrogen (secondary N) is 1. The highest BCUT2D eigenvalue weighted by Gasteiger charge is 2.40. The Bertz CT molecular complexity index is 1460. The van der Waals surface area contributed by atoms with E-state index in [0.29, 0.717) is 0 Å². The molecule has 0 atom stereocenters. The number of aryl methyl sites for hydroxylation is 1. The molecule has 4 aromatic heterocycles. The van der Waals surface area contributed by atoms with Crippen LogP contribution in [0, 0.1) is 5.41 Å². The van der Waals surface area contributed by atoms with Crippen molar-refractivity contribution in [1.82, 2.24) is 29.7 Å². The van der Waals surface area contributed by atoms with Crippen molar-refractivity contribution < 1.29 is 4.79 Å². The minimum Gasteiger partial charge on any atom is -0.357 e. The van der Waals surface area contributed by atoms with Crippen molar-refractivity contribution in [2.45, 2.75) is 46.1 Å². The van der Waals surface area contributed by atoms with Crippen LogP contribution in [0.4, 0.5) is 5.82 Å². The number of rotatable bonds is 7. The third kappa shape index (κ3) is 4.80. The van der Waals surface area contributed by atoms with Crippen molar-refractivity contribution in [3.05, 3.63) is 54.7 Å². The average molecular weight is 513 g/mol. The van der Waals surface area contributed by atoms with Crippen LogP contribution in [0.1, 0.15) is 45.6 Å². The number of nitrogens with zero attached hydrogens (tertiary/aromatic N) is 7. The molecule has 4 aromatic rings. The molecule has 0 bridgehead atoms. The second kappa shape index (κ2) is 10.4. The van der Waals surface area contributed by atoms with Crippen molar-refractivity contribution in [1.29, 1.82) is 0 Å². The fourth-order valence-electron chi connectivity index (χ4n) is 5.38. The van der Waals surface area contributed by atoms with Crippen LogP contribution in [0.3, 0.4) is 0 Å². The Morgan fingerprint density at radius 3 is 2.50 bits per heavy atom. The number of hydrogen-bond donors (Lipinski definition) is 1. The van der Waals surface area contributed by atoms with Gasteiger partial charge in [-0.25, -0.2) is 9.50 Å². The molecule has 0 aliphatic carbocycles. The van der Waals surface area contributed by atoms with Gasteiger partial charge < -0.3 is 10.2 Å². The van der Waals surface area contributed by atoms with Crippen molar-refractivity contribution in [3.63, 3.8) is 0 Å². The molecule has 1 aliphatic rings. The maximum atomic E-state index is 12.9. The summed E-state index contributed by atoms with van der Waals surface area (Å²) < 4.78 is 3.70. The molecule has 198 valence electrons. The molecule has 9 heteroatoms. The van der Waals surface area contributed by atoms with Crippen LogP contribution < -0.4 is 10.2 Å². The summed E-state index contributed by atoms with van der Waals surface area (Å²) in [6.07, 6.45) is 14.0. The SMILES string of the molecule is CCC1(C(=O)NC(C)C)CCN(c2ccc(-c3cc(-c4cnn(C)c4)cn4ncc(C=NC)c34)cn2)CC1. The summed E-state index contributed by atoms with van der Waals surface area (Å²) in [5, 5.41) is 12.1. The number of carbonyl (C=O) groups is 1. The molecule has 5 heterocycles. The van der Waals surface area contributed by atoms with E-state index in [2.05, 4.69) is 50.5 Å². The predicted molar refractivity (Wildman–Crippen MR) is 152 cm³/mol. The standard InChI is InChI=1S/C29H36N8O/c1-6-29(28(38)34-20(2)3)9-11-36(12-10-29)26-8-7-21(15-31-26)25-13-22(24-17-32-35(5)18-24)19-37-27(25)23(14-30-4)16-33-37/h7-8,13-20H,6,9-12H2,1-5H3,(H,34,38). The van der Waals surface area contributed by atoms with E-state index in [4.69, 9.17) is 4.98 Å². The molecule has 1 amide bonds. The number of piperidine rings is 1. The molecular formula is C29H36N8O. The Morgan fingerprint density at radius 2 is 1.89 bits per heavy atom. The summed E-state index contributed by atoms with van der Waals surface area (Å²) in [4.78, 5) is 24.3. The van der Waals surface area contributed by atoms with Gasteiger partial charge in [0.2, 0.25) is 5.91 Å². The first-order valence-corrected chi connectivity index (χ1v) is 13.3. The number of hydrogen-bond acceptors (Lipinski definition) is 6. The van der Waals surface area contributed by atoms with Crippen LogP contribution in [-0.2, 0) is 11.8 Å². The van der Waals surface area contributed by atoms with Gasteiger partial charge >= 0.3 is 0 Å². The number of aliphatic imine (C=N–C) groups is 1. The van der Waals surface area contributed by atoms with Crippen molar-refractivity contribution in [2.75, 3.05) is 25.0 Å². The van der Waals surface area contributed by atoms with Gasteiger partial charge in [-0.1, -0.05) is 6.92 Å². The van der Waals surface area contributed by atoms with Crippen LogP contribution in [0.15, 0.2) is 54.2 Å². The Balaban J connectivity index is 1.44. The van der Waals surface area contributed by atoms with Gasteiger partial charge in [0, 0.05) is 85.8 Å². The normalized spacial score (nSPS) is 15.6. The molecule has 1 saturated heterocycles. The van der Waals surface area contributed by atoms with Gasteiger partial charge in [-0.3, -0.25) is 14.5 Å². The monoisotopic (exact) mass is 512 g/mol. The van der Waals surface area contributed by atoms with Gasteiger partial charge in [-0.05, 0) is 51.3 Å². The highest BCUT2D eigenvalue weighted by molar-refractivity contribution is 5.97. The third-order valence-electron chi connectivity index (χ3n) is 7.63. The van der Waals surface area contributed by atoms with E-state index in [-0.39, 0.29) is 17.4 Å². The van der Waals surface area contributed by atoms with E-state index in [9.17, 15) is 4.79 Å². The zero-order valence-corrected chi connectivity index (χ0v) is 22.8. The Kier molecular flexibility index (Phi) is 7.01. The predicted octanol–water partition coefficient (Wildman–Crippen LogP) is 4.37. The number of anilines is 1. The van der Waals surface area contributed by atoms with E-state index in [1.54, 1.807) is 11.7 Å². The number of aromatic nitrogens is 5. The summed E-state index contributed by atoms with van der Waals surface area (Å²) in [7, 11) is 3.68. The fourth-order valence-corrected chi connectivity index (χ4v) is 5.38. The Labute approximate surface area is 223 Å². The molecular weight excluding hydrogens is 476 g/mol. The molecule has 38 heavy (non-hydrogen) atoms. The van der Waals surface area contributed by atoms with Crippen LogP contribution in [-0.4, -0.2) is 62.7 Å². The average Bonchev–Trinajstić information content (AvgIpc) is 3.54. The van der Waals surface area contributed by atoms with Crippen LogP contribution in [0.2, 0.25) is 0 Å². The molecule has 1 aliphatic heterocycles. The first-order chi connectivity index (χ1) is 18.3. The molecule has 0 spiro atoms. The quantitative estimate of drug-likeness (QED) is 0.371. The van der Waals surface area contributed by atoms with Gasteiger partial charge in [0.05, 0.1) is 23.3 Å². The minimum atomic E-state index is -0.293. The number of amides is 1. The highest BCUT2D eigenvalue weighted by atomic mass is 16.2. The summed E-state index contributed by atoms with van der Waals surface area (Å²) in [6, 6.07) is 6.53. The molecule has 1 fully saturated rings. The lowest BCUT2D eigenvalue weighted by molar-refractivity contribution is -0.133. The lowest BCUT2D eigenvalue weighted by Crippen LogP contribution is -2.50. The zero-order valence-electron chi connectivity index (χ0n) is 22.8. The molecule has 5 rings (SSSR count). The van der Waals surface area contributed by atoms with E-state index >= 15 is 0 Å². The lowest BCUT2D eigenvalue weighted by Gasteiger charge is -2.41. The zero-order chi connectivity index (χ0) is 26.9. The summed E-state index contributed by atoms with van der Waals surface area (Å²) >= 11 is 0. The first kappa shape index (κ1) is 25.6. The molecule has 0 aromatic carbocycles. The van der Waals surface area contributed by atoms with Crippen molar-refractivity contribution >= 4 is 23.5 Å². The number of carbonyl (C=O) groups excluding carboxylic acids is 1. The number of pyridine rings is 2.